The summed E-state index contributed by atoms with van der Waals surface area (Å²) in [5, 5.41) is 0.890. The number of aromatic nitrogens is 1. The first-order valence-electron chi connectivity index (χ1n) is 7.32. The Bertz CT molecular complexity index is 485. The van der Waals surface area contributed by atoms with Crippen molar-refractivity contribution in [2.24, 2.45) is 0 Å². The number of nitrogens with zero attached hydrogens (tertiary/aromatic N) is 3. The Hall–Kier alpha value is -0.950. The Morgan fingerprint density at radius 2 is 2.14 bits per heavy atom. The maximum Gasteiger partial charge on any atom is 0.267 e. The Labute approximate surface area is 134 Å². The fourth-order valence-corrected chi connectivity index (χ4v) is 4.13. The summed E-state index contributed by atoms with van der Waals surface area (Å²) in [6.45, 7) is 4.08. The first-order chi connectivity index (χ1) is 10.0. The molecule has 1 aromatic rings. The van der Waals surface area contributed by atoms with E-state index >= 15 is 0 Å². The van der Waals surface area contributed by atoms with Crippen LogP contribution in [0.3, 0.4) is 0 Å². The SMILES string of the molecule is CSCC(C)N(C)C(=O)c1sc(N2CCCCC2)nc1N. The third kappa shape index (κ3) is 3.83. The van der Waals surface area contributed by atoms with Gasteiger partial charge in [0.1, 0.15) is 10.7 Å². The number of anilines is 2. The molecule has 2 heterocycles. The van der Waals surface area contributed by atoms with E-state index in [4.69, 9.17) is 5.73 Å². The first kappa shape index (κ1) is 16.4. The number of rotatable bonds is 5. The highest BCUT2D eigenvalue weighted by Gasteiger charge is 2.25. The van der Waals surface area contributed by atoms with Crippen molar-refractivity contribution in [3.05, 3.63) is 4.88 Å². The molecule has 0 aliphatic carbocycles. The zero-order chi connectivity index (χ0) is 15.4. The van der Waals surface area contributed by atoms with E-state index in [1.165, 1.54) is 30.6 Å². The van der Waals surface area contributed by atoms with Gasteiger partial charge in [0.05, 0.1) is 0 Å². The predicted molar refractivity (Wildman–Crippen MR) is 92.5 cm³/mol. The average Bonchev–Trinajstić information content (AvgIpc) is 2.89. The van der Waals surface area contributed by atoms with Gasteiger partial charge in [-0.3, -0.25) is 4.79 Å². The molecule has 2 rings (SSSR count). The van der Waals surface area contributed by atoms with Crippen LogP contribution in [0.4, 0.5) is 10.9 Å². The Kier molecular flexibility index (Phi) is 5.75. The van der Waals surface area contributed by atoms with Crippen LogP contribution in [0.5, 0.6) is 0 Å². The van der Waals surface area contributed by atoms with Crippen molar-refractivity contribution in [2.75, 3.05) is 42.8 Å². The Morgan fingerprint density at radius 1 is 1.48 bits per heavy atom. The second-order valence-electron chi connectivity index (χ2n) is 5.48. The third-order valence-electron chi connectivity index (χ3n) is 3.85. The van der Waals surface area contributed by atoms with E-state index < -0.39 is 0 Å². The number of hydrogen-bond donors (Lipinski definition) is 1. The molecule has 0 saturated carbocycles. The highest BCUT2D eigenvalue weighted by Crippen LogP contribution is 2.31. The van der Waals surface area contributed by atoms with E-state index in [2.05, 4.69) is 16.8 Å². The third-order valence-corrected chi connectivity index (χ3v) is 5.79. The normalized spacial score (nSPS) is 16.8. The quantitative estimate of drug-likeness (QED) is 0.900. The number of nitrogen functional groups attached to an aromatic ring is 1. The molecule has 1 fully saturated rings. The second-order valence-corrected chi connectivity index (χ2v) is 7.37. The number of carbonyl (C=O) groups is 1. The van der Waals surface area contributed by atoms with Crippen LogP contribution < -0.4 is 10.6 Å². The number of carbonyl (C=O) groups excluding carboxylic acids is 1. The molecule has 21 heavy (non-hydrogen) atoms. The van der Waals surface area contributed by atoms with Gasteiger partial charge in [-0.15, -0.1) is 0 Å². The summed E-state index contributed by atoms with van der Waals surface area (Å²) in [6.07, 6.45) is 5.70. The van der Waals surface area contributed by atoms with Crippen molar-refractivity contribution < 1.29 is 4.79 Å². The highest BCUT2D eigenvalue weighted by molar-refractivity contribution is 7.98. The number of hydrogen-bond acceptors (Lipinski definition) is 6. The van der Waals surface area contributed by atoms with E-state index in [-0.39, 0.29) is 11.9 Å². The number of thiazole rings is 1. The van der Waals surface area contributed by atoms with E-state index in [1.54, 1.807) is 16.7 Å². The lowest BCUT2D eigenvalue weighted by atomic mass is 10.1. The van der Waals surface area contributed by atoms with E-state index in [9.17, 15) is 4.79 Å². The molecule has 0 spiro atoms. The second kappa shape index (κ2) is 7.35. The minimum Gasteiger partial charge on any atom is -0.382 e. The fraction of sp³-hybridized carbons (Fsp3) is 0.714. The molecule has 1 aliphatic rings. The van der Waals surface area contributed by atoms with Gasteiger partial charge in [-0.2, -0.15) is 11.8 Å². The maximum absolute atomic E-state index is 12.6. The fourth-order valence-electron chi connectivity index (χ4n) is 2.41. The number of thioether (sulfide) groups is 1. The molecule has 7 heteroatoms. The van der Waals surface area contributed by atoms with Crippen LogP contribution in [0.2, 0.25) is 0 Å². The molecular formula is C14H24N4OS2. The van der Waals surface area contributed by atoms with Gasteiger partial charge in [-0.05, 0) is 32.4 Å². The summed E-state index contributed by atoms with van der Waals surface area (Å²) in [5.74, 6) is 1.27. The van der Waals surface area contributed by atoms with Gasteiger partial charge in [-0.25, -0.2) is 4.98 Å². The molecular weight excluding hydrogens is 304 g/mol. The lowest BCUT2D eigenvalue weighted by molar-refractivity contribution is 0.0763. The highest BCUT2D eigenvalue weighted by atomic mass is 32.2. The Morgan fingerprint density at radius 3 is 2.76 bits per heavy atom. The smallest absolute Gasteiger partial charge is 0.267 e. The zero-order valence-electron chi connectivity index (χ0n) is 13.0. The topological polar surface area (TPSA) is 62.5 Å². The van der Waals surface area contributed by atoms with E-state index in [0.717, 1.165) is 24.0 Å². The molecule has 1 amide bonds. The average molecular weight is 329 g/mol. The lowest BCUT2D eigenvalue weighted by Crippen LogP contribution is -2.36. The lowest BCUT2D eigenvalue weighted by Gasteiger charge is -2.26. The van der Waals surface area contributed by atoms with Crippen molar-refractivity contribution in [1.29, 1.82) is 0 Å². The summed E-state index contributed by atoms with van der Waals surface area (Å²) in [7, 11) is 1.84. The zero-order valence-corrected chi connectivity index (χ0v) is 14.6. The predicted octanol–water partition coefficient (Wildman–Crippen LogP) is 2.54. The van der Waals surface area contributed by atoms with Gasteiger partial charge in [-0.1, -0.05) is 11.3 Å². The molecule has 1 aromatic heterocycles. The van der Waals surface area contributed by atoms with Crippen LogP contribution in [0.1, 0.15) is 35.9 Å². The van der Waals surface area contributed by atoms with Crippen LogP contribution in [0.15, 0.2) is 0 Å². The monoisotopic (exact) mass is 328 g/mol. The van der Waals surface area contributed by atoms with E-state index in [0.29, 0.717) is 10.7 Å². The summed E-state index contributed by atoms with van der Waals surface area (Å²) < 4.78 is 0. The molecule has 1 unspecified atom stereocenters. The molecule has 1 saturated heterocycles. The molecule has 0 aromatic carbocycles. The molecule has 0 bridgehead atoms. The maximum atomic E-state index is 12.6. The van der Waals surface area contributed by atoms with Crippen LogP contribution >= 0.6 is 23.1 Å². The van der Waals surface area contributed by atoms with Gasteiger partial charge in [0, 0.05) is 31.9 Å². The molecule has 2 N–H and O–H groups in total. The van der Waals surface area contributed by atoms with Crippen LogP contribution in [0.25, 0.3) is 0 Å². The van der Waals surface area contributed by atoms with Crippen LogP contribution in [0, 0.1) is 0 Å². The molecule has 1 atom stereocenters. The molecule has 118 valence electrons. The molecule has 1 aliphatic heterocycles. The number of amides is 1. The summed E-state index contributed by atoms with van der Waals surface area (Å²) in [6, 6.07) is 0.187. The van der Waals surface area contributed by atoms with Crippen LogP contribution in [-0.4, -0.2) is 54.0 Å². The number of piperidine rings is 1. The molecule has 0 radical (unpaired) electrons. The largest absolute Gasteiger partial charge is 0.382 e. The van der Waals surface area contributed by atoms with Gasteiger partial charge in [0.25, 0.3) is 5.91 Å². The van der Waals surface area contributed by atoms with Crippen molar-refractivity contribution in [3.63, 3.8) is 0 Å². The Balaban J connectivity index is 2.12. The first-order valence-corrected chi connectivity index (χ1v) is 9.53. The van der Waals surface area contributed by atoms with E-state index in [1.807, 2.05) is 13.3 Å². The van der Waals surface area contributed by atoms with Gasteiger partial charge in [0.15, 0.2) is 5.13 Å². The van der Waals surface area contributed by atoms with Crippen molar-refractivity contribution in [3.8, 4) is 0 Å². The summed E-state index contributed by atoms with van der Waals surface area (Å²) >= 11 is 3.17. The standard InChI is InChI=1S/C14H24N4OS2/c1-10(9-20-3)17(2)13(19)11-12(15)16-14(21-11)18-7-5-4-6-8-18/h10H,4-9,15H2,1-3H3. The van der Waals surface area contributed by atoms with Crippen LogP contribution in [-0.2, 0) is 0 Å². The van der Waals surface area contributed by atoms with Gasteiger partial charge in [0.2, 0.25) is 0 Å². The summed E-state index contributed by atoms with van der Waals surface area (Å²) in [4.78, 5) is 21.6. The summed E-state index contributed by atoms with van der Waals surface area (Å²) in [5.41, 5.74) is 5.98. The van der Waals surface area contributed by atoms with Crippen molar-refractivity contribution in [1.82, 2.24) is 9.88 Å². The number of nitrogens with two attached hydrogens (primary N) is 1. The van der Waals surface area contributed by atoms with Gasteiger partial charge >= 0.3 is 0 Å². The minimum atomic E-state index is -0.0187. The minimum absolute atomic E-state index is 0.0187. The molecule has 5 nitrogen and oxygen atoms in total. The van der Waals surface area contributed by atoms with Gasteiger partial charge < -0.3 is 15.5 Å². The van der Waals surface area contributed by atoms with Crippen molar-refractivity contribution >= 4 is 40.0 Å². The van der Waals surface area contributed by atoms with Crippen molar-refractivity contribution in [2.45, 2.75) is 32.2 Å².